The highest BCUT2D eigenvalue weighted by atomic mass is 16.3. The fourth-order valence-electron chi connectivity index (χ4n) is 15.0. The van der Waals surface area contributed by atoms with Gasteiger partial charge >= 0.3 is 6.85 Å². The topological polar surface area (TPSA) is 32.8 Å². The molecule has 0 spiro atoms. The Balaban J connectivity index is 1.16. The van der Waals surface area contributed by atoms with Crippen LogP contribution in [-0.2, 0) is 37.9 Å². The van der Waals surface area contributed by atoms with Crippen LogP contribution in [0.1, 0.15) is 181 Å². The standard InChI is InChI=1S/C70H75BN2O2/c1-64(2,3)40-20-22-41(23-21-40)73-55-39-60-44(45-34-50-53(38-59(45)74-60)70(14,15)31-28-67(50,8)9)33-47(55)61-62-57(35-46-43-18-16-17-19-58(43)75-63(46)61)72(42-24-25-48-49(32-42)66(6,7)27-26-65(48,4)5)56-37-52-51(36-54(56)71(62)73)68(10,11)29-30-69(52,12)13/h16-25,32-39H,26-31H2,1-15H3. The largest absolute Gasteiger partial charge is 0.456 e. The highest BCUT2D eigenvalue weighted by Crippen LogP contribution is 2.57. The highest BCUT2D eigenvalue weighted by Gasteiger charge is 2.50. The first-order valence-corrected chi connectivity index (χ1v) is 28.3. The van der Waals surface area contributed by atoms with Crippen molar-refractivity contribution in [3.8, 4) is 11.1 Å². The smallest absolute Gasteiger partial charge is 0.333 e. The molecular formula is C70H75BN2O2. The lowest BCUT2D eigenvalue weighted by molar-refractivity contribution is 0.332. The lowest BCUT2D eigenvalue weighted by atomic mass is 9.42. The van der Waals surface area contributed by atoms with Crippen molar-refractivity contribution in [2.24, 2.45) is 0 Å². The molecule has 3 aliphatic carbocycles. The van der Waals surface area contributed by atoms with E-state index in [1.54, 1.807) is 0 Å². The summed E-state index contributed by atoms with van der Waals surface area (Å²) in [7, 11) is 0. The maximum absolute atomic E-state index is 7.32. The Morgan fingerprint density at radius 1 is 0.427 bits per heavy atom. The van der Waals surface area contributed by atoms with E-state index < -0.39 is 0 Å². The number of anilines is 5. The van der Waals surface area contributed by atoms with Gasteiger partial charge in [0.05, 0.1) is 0 Å². The Labute approximate surface area is 446 Å². The summed E-state index contributed by atoms with van der Waals surface area (Å²) in [6, 6.07) is 43.3. The summed E-state index contributed by atoms with van der Waals surface area (Å²) in [5.41, 5.74) is 25.1. The summed E-state index contributed by atoms with van der Waals surface area (Å²) in [4.78, 5) is 5.38. The third-order valence-electron chi connectivity index (χ3n) is 20.2. The summed E-state index contributed by atoms with van der Waals surface area (Å²) in [5, 5.41) is 4.63. The van der Waals surface area contributed by atoms with E-state index in [2.05, 4.69) is 223 Å². The third-order valence-corrected chi connectivity index (χ3v) is 20.2. The van der Waals surface area contributed by atoms with E-state index in [0.29, 0.717) is 0 Å². The van der Waals surface area contributed by atoms with Crippen LogP contribution in [0.15, 0.2) is 118 Å². The number of hydrogen-bond donors (Lipinski definition) is 0. The molecule has 2 aliphatic heterocycles. The monoisotopic (exact) mass is 987 g/mol. The first-order chi connectivity index (χ1) is 35.2. The van der Waals surface area contributed by atoms with Crippen molar-refractivity contribution >= 4 is 90.1 Å². The molecule has 4 heterocycles. The van der Waals surface area contributed by atoms with E-state index in [1.165, 1.54) is 95.6 Å². The number of hydrogen-bond acceptors (Lipinski definition) is 4. The first-order valence-electron chi connectivity index (χ1n) is 28.3. The molecule has 0 atom stereocenters. The van der Waals surface area contributed by atoms with Crippen molar-refractivity contribution in [2.45, 2.75) is 180 Å². The summed E-state index contributed by atoms with van der Waals surface area (Å²) >= 11 is 0. The molecule has 0 radical (unpaired) electrons. The van der Waals surface area contributed by atoms with E-state index in [1.807, 2.05) is 0 Å². The van der Waals surface area contributed by atoms with Gasteiger partial charge in [0.2, 0.25) is 0 Å². The van der Waals surface area contributed by atoms with Crippen LogP contribution in [0.5, 0.6) is 0 Å². The Morgan fingerprint density at radius 3 is 1.60 bits per heavy atom. The number of nitrogens with zero attached hydrogens (tertiary/aromatic N) is 2. The van der Waals surface area contributed by atoms with E-state index in [-0.39, 0.29) is 44.8 Å². The molecule has 0 unspecified atom stereocenters. The summed E-state index contributed by atoms with van der Waals surface area (Å²) in [6.45, 7) is 36.2. The maximum atomic E-state index is 7.32. The fraction of sp³-hybridized carbons (Fsp3) is 0.400. The molecule has 380 valence electrons. The van der Waals surface area contributed by atoms with Crippen molar-refractivity contribution in [3.05, 3.63) is 148 Å². The van der Waals surface area contributed by atoms with Gasteiger partial charge in [-0.15, -0.1) is 0 Å². The molecule has 2 aromatic heterocycles. The van der Waals surface area contributed by atoms with Gasteiger partial charge in [-0.05, 0) is 187 Å². The third kappa shape index (κ3) is 6.61. The second-order valence-electron chi connectivity index (χ2n) is 28.9. The number of benzene rings is 7. The van der Waals surface area contributed by atoms with Gasteiger partial charge < -0.3 is 18.5 Å². The zero-order chi connectivity index (χ0) is 52.5. The first kappa shape index (κ1) is 47.3. The molecule has 75 heavy (non-hydrogen) atoms. The van der Waals surface area contributed by atoms with Gasteiger partial charge in [-0.3, -0.25) is 0 Å². The van der Waals surface area contributed by atoms with Crippen molar-refractivity contribution in [1.82, 2.24) is 0 Å². The lowest BCUT2D eigenvalue weighted by Gasteiger charge is -2.48. The van der Waals surface area contributed by atoms with Gasteiger partial charge in [-0.2, -0.15) is 0 Å². The molecule has 0 N–H and O–H groups in total. The maximum Gasteiger partial charge on any atom is 0.333 e. The van der Waals surface area contributed by atoms with Crippen molar-refractivity contribution < 1.29 is 8.83 Å². The van der Waals surface area contributed by atoms with Crippen LogP contribution >= 0.6 is 0 Å². The summed E-state index contributed by atoms with van der Waals surface area (Å²) < 4.78 is 14.5. The number of fused-ring (bicyclic) bond motifs is 14. The van der Waals surface area contributed by atoms with Gasteiger partial charge in [0, 0.05) is 67.2 Å². The zero-order valence-electron chi connectivity index (χ0n) is 47.4. The van der Waals surface area contributed by atoms with Crippen LogP contribution in [0.2, 0.25) is 0 Å². The average Bonchev–Trinajstić information content (AvgIpc) is 3.91. The van der Waals surface area contributed by atoms with Crippen molar-refractivity contribution in [2.75, 3.05) is 9.71 Å². The van der Waals surface area contributed by atoms with Gasteiger partial charge in [-0.25, -0.2) is 0 Å². The van der Waals surface area contributed by atoms with Gasteiger partial charge in [0.15, 0.2) is 0 Å². The zero-order valence-corrected chi connectivity index (χ0v) is 47.4. The van der Waals surface area contributed by atoms with Crippen LogP contribution in [0.25, 0.3) is 55.0 Å². The molecule has 0 bridgehead atoms. The van der Waals surface area contributed by atoms with E-state index in [4.69, 9.17) is 8.83 Å². The van der Waals surface area contributed by atoms with Crippen LogP contribution in [0.3, 0.4) is 0 Å². The predicted octanol–water partition coefficient (Wildman–Crippen LogP) is 18.5. The molecular weight excluding hydrogens is 912 g/mol. The molecule has 0 saturated carbocycles. The van der Waals surface area contributed by atoms with Crippen LogP contribution in [0, 0.1) is 0 Å². The minimum Gasteiger partial charge on any atom is -0.456 e. The summed E-state index contributed by atoms with van der Waals surface area (Å²) in [6.07, 6.45) is 6.93. The molecule has 9 aromatic rings. The normalized spacial score (nSPS) is 20.2. The lowest BCUT2D eigenvalue weighted by Crippen LogP contribution is -2.62. The second-order valence-corrected chi connectivity index (χ2v) is 28.9. The molecule has 0 amide bonds. The van der Waals surface area contributed by atoms with E-state index >= 15 is 0 Å². The highest BCUT2D eigenvalue weighted by molar-refractivity contribution is 6.94. The van der Waals surface area contributed by atoms with Gasteiger partial charge in [-0.1, -0.05) is 146 Å². The predicted molar refractivity (Wildman–Crippen MR) is 319 cm³/mol. The summed E-state index contributed by atoms with van der Waals surface area (Å²) in [5.74, 6) is 0. The minimum atomic E-state index is -0.193. The Kier molecular flexibility index (Phi) is 9.35. The molecule has 7 aromatic carbocycles. The van der Waals surface area contributed by atoms with Gasteiger partial charge in [0.25, 0.3) is 0 Å². The Bertz CT molecular complexity index is 3960. The van der Waals surface area contributed by atoms with Crippen LogP contribution < -0.4 is 20.6 Å². The number of para-hydroxylation sites is 1. The average molecular weight is 987 g/mol. The van der Waals surface area contributed by atoms with E-state index in [9.17, 15) is 0 Å². The molecule has 0 saturated heterocycles. The molecule has 0 fully saturated rings. The van der Waals surface area contributed by atoms with Crippen LogP contribution in [0.4, 0.5) is 28.4 Å². The van der Waals surface area contributed by atoms with Crippen LogP contribution in [-0.4, -0.2) is 6.85 Å². The van der Waals surface area contributed by atoms with Crippen molar-refractivity contribution in [1.29, 1.82) is 0 Å². The Hall–Kier alpha value is -6.20. The van der Waals surface area contributed by atoms with Crippen molar-refractivity contribution in [3.63, 3.8) is 0 Å². The molecule has 5 aliphatic rings. The fourth-order valence-corrected chi connectivity index (χ4v) is 15.0. The number of furan rings is 2. The quantitative estimate of drug-likeness (QED) is 0.162. The minimum absolute atomic E-state index is 0.00174. The number of rotatable bonds is 2. The SMILES string of the molecule is CC(C)(C)c1ccc(N2B3c4cc5c(cc4N(c4ccc6c(c4)C(C)(C)CCC6(C)C)c4cc6c(oc7ccccc76)c(c43)-c3cc4c(cc32)oc2cc3c(cc24)C(C)(C)CCC3(C)C)C(C)(C)CCC5(C)C)cc1. The molecule has 4 nitrogen and oxygen atoms in total. The van der Waals surface area contributed by atoms with E-state index in [0.717, 1.165) is 76.3 Å². The second kappa shape index (κ2) is 14.8. The molecule has 5 heteroatoms. The molecule has 14 rings (SSSR count). The Morgan fingerprint density at radius 2 is 0.960 bits per heavy atom. The van der Waals surface area contributed by atoms with Gasteiger partial charge in [0.1, 0.15) is 22.3 Å².